The second-order valence-electron chi connectivity index (χ2n) is 3.29. The number of ether oxygens (including phenoxy) is 2. The minimum atomic E-state index is -1.16. The van der Waals surface area contributed by atoms with E-state index >= 15 is 0 Å². The Hall–Kier alpha value is -2.24. The monoisotopic (exact) mass is 236 g/mol. The summed E-state index contributed by atoms with van der Waals surface area (Å²) in [7, 11) is 1.44. The van der Waals surface area contributed by atoms with Gasteiger partial charge in [0.15, 0.2) is 0 Å². The average molecular weight is 236 g/mol. The van der Waals surface area contributed by atoms with Crippen molar-refractivity contribution < 1.29 is 19.4 Å². The fourth-order valence-electron chi connectivity index (χ4n) is 1.67. The van der Waals surface area contributed by atoms with Gasteiger partial charge in [-0.3, -0.25) is 0 Å². The summed E-state index contributed by atoms with van der Waals surface area (Å²) in [5.74, 6) is 0.806. The summed E-state index contributed by atoms with van der Waals surface area (Å²) < 4.78 is 11.4. The molecule has 0 aliphatic carbocycles. The van der Waals surface area contributed by atoms with Gasteiger partial charge in [0.1, 0.15) is 11.1 Å². The van der Waals surface area contributed by atoms with Crippen LogP contribution in [0.3, 0.4) is 0 Å². The predicted octanol–water partition coefficient (Wildman–Crippen LogP) is 1.97. The Morgan fingerprint density at radius 1 is 1.53 bits per heavy atom. The molecular weight excluding hydrogens is 224 g/mol. The Morgan fingerprint density at radius 3 is 2.88 bits per heavy atom. The summed E-state index contributed by atoms with van der Waals surface area (Å²) in [6.07, 6.45) is -1.16. The van der Waals surface area contributed by atoms with Crippen LogP contribution in [0.5, 0.6) is 11.6 Å². The quantitative estimate of drug-likeness (QED) is 0.881. The van der Waals surface area contributed by atoms with Crippen molar-refractivity contribution in [2.45, 2.75) is 6.92 Å². The molecule has 2 aromatic rings. The Bertz CT molecular complexity index is 562. The number of nitrogens with zero attached hydrogens (tertiary/aromatic N) is 2. The molecule has 0 saturated carbocycles. The van der Waals surface area contributed by atoms with Crippen molar-refractivity contribution in [2.24, 2.45) is 0 Å². The number of hydrogen-bond donors (Lipinski definition) is 1. The fourth-order valence-corrected chi connectivity index (χ4v) is 1.67. The van der Waals surface area contributed by atoms with Crippen molar-refractivity contribution in [1.29, 1.82) is 0 Å². The average Bonchev–Trinajstić information content (AvgIpc) is 2.69. The van der Waals surface area contributed by atoms with Gasteiger partial charge in [0, 0.05) is 0 Å². The lowest BCUT2D eigenvalue weighted by atomic mass is 10.2. The normalized spacial score (nSPS) is 10.5. The van der Waals surface area contributed by atoms with Gasteiger partial charge in [0.25, 0.3) is 0 Å². The molecule has 0 amide bonds. The van der Waals surface area contributed by atoms with Crippen LogP contribution in [0.1, 0.15) is 6.92 Å². The van der Waals surface area contributed by atoms with Gasteiger partial charge in [-0.25, -0.2) is 4.79 Å². The molecule has 0 aliphatic rings. The first-order valence-electron chi connectivity index (χ1n) is 5.10. The summed E-state index contributed by atoms with van der Waals surface area (Å²) in [4.78, 5) is 11.0. The second-order valence-corrected chi connectivity index (χ2v) is 3.29. The molecule has 6 nitrogen and oxygen atoms in total. The van der Waals surface area contributed by atoms with Crippen LogP contribution in [-0.4, -0.2) is 34.7 Å². The van der Waals surface area contributed by atoms with E-state index in [-0.39, 0.29) is 5.88 Å². The maximum absolute atomic E-state index is 11.0. The van der Waals surface area contributed by atoms with Crippen molar-refractivity contribution >= 4 is 17.0 Å². The molecular formula is C11H12N2O4. The molecule has 1 heterocycles. The van der Waals surface area contributed by atoms with E-state index in [1.165, 1.54) is 7.11 Å². The molecule has 0 atom stereocenters. The van der Waals surface area contributed by atoms with Gasteiger partial charge >= 0.3 is 6.09 Å². The molecule has 90 valence electrons. The van der Waals surface area contributed by atoms with Gasteiger partial charge in [-0.2, -0.15) is 4.68 Å². The first-order chi connectivity index (χ1) is 8.19. The zero-order chi connectivity index (χ0) is 12.4. The highest BCUT2D eigenvalue weighted by atomic mass is 16.5. The summed E-state index contributed by atoms with van der Waals surface area (Å²) in [6.45, 7) is 2.34. The first kappa shape index (κ1) is 11.3. The second kappa shape index (κ2) is 4.32. The summed E-state index contributed by atoms with van der Waals surface area (Å²) >= 11 is 0. The van der Waals surface area contributed by atoms with Crippen molar-refractivity contribution in [2.75, 3.05) is 13.7 Å². The van der Waals surface area contributed by atoms with Crippen molar-refractivity contribution in [1.82, 2.24) is 9.78 Å². The lowest BCUT2D eigenvalue weighted by molar-refractivity contribution is 0.193. The number of hydrogen-bond acceptors (Lipinski definition) is 4. The van der Waals surface area contributed by atoms with E-state index in [4.69, 9.17) is 14.6 Å². The predicted molar refractivity (Wildman–Crippen MR) is 60.9 cm³/mol. The minimum absolute atomic E-state index is 0.242. The number of aromatic nitrogens is 2. The van der Waals surface area contributed by atoms with Crippen LogP contribution in [0.25, 0.3) is 10.9 Å². The zero-order valence-electron chi connectivity index (χ0n) is 9.51. The largest absolute Gasteiger partial charge is 0.493 e. The molecule has 1 aromatic heterocycles. The van der Waals surface area contributed by atoms with Gasteiger partial charge in [-0.15, -0.1) is 5.10 Å². The smallest absolute Gasteiger partial charge is 0.432 e. The Morgan fingerprint density at radius 2 is 2.29 bits per heavy atom. The molecule has 0 spiro atoms. The van der Waals surface area contributed by atoms with Gasteiger partial charge < -0.3 is 14.6 Å². The number of fused-ring (bicyclic) bond motifs is 1. The Labute approximate surface area is 97.4 Å². The molecule has 0 unspecified atom stereocenters. The highest BCUT2D eigenvalue weighted by Gasteiger charge is 2.18. The van der Waals surface area contributed by atoms with E-state index in [0.29, 0.717) is 23.3 Å². The lowest BCUT2D eigenvalue weighted by Gasteiger charge is -2.04. The van der Waals surface area contributed by atoms with Crippen LogP contribution in [0.2, 0.25) is 0 Å². The van der Waals surface area contributed by atoms with Crippen LogP contribution in [0.15, 0.2) is 18.2 Å². The third-order valence-corrected chi connectivity index (χ3v) is 2.31. The van der Waals surface area contributed by atoms with E-state index < -0.39 is 6.09 Å². The minimum Gasteiger partial charge on any atom is -0.493 e. The SMILES string of the molecule is CCOc1cccc2c1c(OC)nn2C(=O)O. The number of carboxylic acid groups (broad SMARTS) is 1. The lowest BCUT2D eigenvalue weighted by Crippen LogP contribution is -2.09. The molecule has 1 N–H and O–H groups in total. The standard InChI is InChI=1S/C11H12N2O4/c1-3-17-8-6-4-5-7-9(8)10(16-2)12-13(7)11(14)15/h4-6H,3H2,1-2H3,(H,14,15). The van der Waals surface area contributed by atoms with Gasteiger partial charge in [-0.05, 0) is 19.1 Å². The van der Waals surface area contributed by atoms with E-state index in [1.54, 1.807) is 18.2 Å². The van der Waals surface area contributed by atoms with Gasteiger partial charge in [0.2, 0.25) is 5.88 Å². The van der Waals surface area contributed by atoms with Crippen LogP contribution < -0.4 is 9.47 Å². The van der Waals surface area contributed by atoms with E-state index in [1.807, 2.05) is 6.92 Å². The zero-order valence-corrected chi connectivity index (χ0v) is 9.51. The maximum Gasteiger partial charge on any atom is 0.432 e. The van der Waals surface area contributed by atoms with Crippen molar-refractivity contribution in [3.8, 4) is 11.6 Å². The molecule has 6 heteroatoms. The highest BCUT2D eigenvalue weighted by Crippen LogP contribution is 2.33. The number of benzene rings is 1. The van der Waals surface area contributed by atoms with E-state index in [9.17, 15) is 4.79 Å². The third kappa shape index (κ3) is 1.77. The van der Waals surface area contributed by atoms with Gasteiger partial charge in [-0.1, -0.05) is 6.07 Å². The summed E-state index contributed by atoms with van der Waals surface area (Å²) in [5, 5.41) is 13.5. The van der Waals surface area contributed by atoms with Crippen LogP contribution >= 0.6 is 0 Å². The van der Waals surface area contributed by atoms with Crippen LogP contribution in [0, 0.1) is 0 Å². The van der Waals surface area contributed by atoms with Crippen molar-refractivity contribution in [3.05, 3.63) is 18.2 Å². The highest BCUT2D eigenvalue weighted by molar-refractivity contribution is 5.95. The fraction of sp³-hybridized carbons (Fsp3) is 0.273. The van der Waals surface area contributed by atoms with E-state index in [2.05, 4.69) is 5.10 Å². The molecule has 0 saturated heterocycles. The first-order valence-corrected chi connectivity index (χ1v) is 5.10. The van der Waals surface area contributed by atoms with Gasteiger partial charge in [0.05, 0.1) is 19.2 Å². The molecule has 17 heavy (non-hydrogen) atoms. The molecule has 2 rings (SSSR count). The number of carbonyl (C=O) groups is 1. The summed E-state index contributed by atoms with van der Waals surface area (Å²) in [6, 6.07) is 5.12. The number of rotatable bonds is 3. The van der Waals surface area contributed by atoms with Crippen LogP contribution in [-0.2, 0) is 0 Å². The maximum atomic E-state index is 11.0. The Kier molecular flexibility index (Phi) is 2.86. The van der Waals surface area contributed by atoms with E-state index in [0.717, 1.165) is 4.68 Å². The molecule has 1 aromatic carbocycles. The number of methoxy groups -OCH3 is 1. The van der Waals surface area contributed by atoms with Crippen LogP contribution in [0.4, 0.5) is 4.79 Å². The summed E-state index contributed by atoms with van der Waals surface area (Å²) in [5.41, 5.74) is 0.445. The molecule has 0 aliphatic heterocycles. The molecule has 0 bridgehead atoms. The molecule has 0 radical (unpaired) electrons. The molecule has 0 fully saturated rings. The topological polar surface area (TPSA) is 73.6 Å². The third-order valence-electron chi connectivity index (χ3n) is 2.31. The van der Waals surface area contributed by atoms with Crippen molar-refractivity contribution in [3.63, 3.8) is 0 Å². The Balaban J connectivity index is 2.75.